The first-order valence-electron chi connectivity index (χ1n) is 5.60. The van der Waals surface area contributed by atoms with Crippen LogP contribution in [-0.2, 0) is 4.79 Å². The molecule has 0 radical (unpaired) electrons. The van der Waals surface area contributed by atoms with Crippen LogP contribution in [0, 0.1) is 12.3 Å². The Kier molecular flexibility index (Phi) is 3.73. The van der Waals surface area contributed by atoms with Crippen LogP contribution < -0.4 is 5.32 Å². The molecule has 1 heterocycles. The lowest BCUT2D eigenvalue weighted by atomic mass is 10.2. The van der Waals surface area contributed by atoms with Crippen LogP contribution >= 0.6 is 15.9 Å². The predicted molar refractivity (Wildman–Crippen MR) is 76.2 cm³/mol. The largest absolute Gasteiger partial charge is 0.343 e. The van der Waals surface area contributed by atoms with E-state index in [0.29, 0.717) is 0 Å². The van der Waals surface area contributed by atoms with Gasteiger partial charge in [-0.3, -0.25) is 4.79 Å². The number of aromatic nitrogens is 1. The number of nitrogens with one attached hydrogen (secondary N) is 1. The van der Waals surface area contributed by atoms with Gasteiger partial charge in [-0.2, -0.15) is 0 Å². The summed E-state index contributed by atoms with van der Waals surface area (Å²) in [6.45, 7) is 2.11. The van der Waals surface area contributed by atoms with Crippen LogP contribution in [0.25, 0.3) is 10.9 Å². The van der Waals surface area contributed by atoms with E-state index in [9.17, 15) is 4.79 Å². The van der Waals surface area contributed by atoms with Crippen molar-refractivity contribution in [1.29, 1.82) is 0 Å². The molecule has 3 nitrogen and oxygen atoms in total. The van der Waals surface area contributed by atoms with E-state index < -0.39 is 0 Å². The van der Waals surface area contributed by atoms with Gasteiger partial charge in [-0.15, -0.1) is 6.42 Å². The number of carbonyl (C=O) groups is 1. The molecule has 0 aliphatic carbocycles. The number of terminal acetylenes is 1. The van der Waals surface area contributed by atoms with E-state index in [-0.39, 0.29) is 18.5 Å². The zero-order chi connectivity index (χ0) is 13.1. The molecule has 2 rings (SSSR count). The van der Waals surface area contributed by atoms with Crippen molar-refractivity contribution in [3.05, 3.63) is 34.9 Å². The molecule has 1 aromatic carbocycles. The van der Waals surface area contributed by atoms with Crippen molar-refractivity contribution in [2.75, 3.05) is 6.54 Å². The number of rotatable bonds is 3. The Labute approximate surface area is 114 Å². The van der Waals surface area contributed by atoms with E-state index >= 15 is 0 Å². The van der Waals surface area contributed by atoms with Crippen LogP contribution in [0.2, 0.25) is 0 Å². The van der Waals surface area contributed by atoms with Gasteiger partial charge in [-0.1, -0.05) is 27.9 Å². The van der Waals surface area contributed by atoms with Crippen molar-refractivity contribution < 1.29 is 4.79 Å². The number of hydrogen-bond acceptors (Lipinski definition) is 1. The number of benzene rings is 1. The van der Waals surface area contributed by atoms with Crippen LogP contribution in [0.5, 0.6) is 0 Å². The Bertz CT molecular complexity index is 624. The molecule has 0 fully saturated rings. The maximum absolute atomic E-state index is 11.9. The molecule has 0 bridgehead atoms. The number of nitrogens with zero attached hydrogens (tertiary/aromatic N) is 1. The standard InChI is InChI=1S/C14H13BrN2O/c1-3-7-16-14(18)10(2)17-8-6-11-4-5-12(15)9-13(11)17/h1,4-6,8-10H,7H2,2H3,(H,16,18). The van der Waals surface area contributed by atoms with E-state index in [1.54, 1.807) is 0 Å². The first-order chi connectivity index (χ1) is 8.63. The highest BCUT2D eigenvalue weighted by Gasteiger charge is 2.15. The van der Waals surface area contributed by atoms with E-state index in [1.807, 2.05) is 42.0 Å². The summed E-state index contributed by atoms with van der Waals surface area (Å²) in [5.41, 5.74) is 1.02. The normalized spacial score (nSPS) is 12.1. The molecule has 18 heavy (non-hydrogen) atoms. The molecule has 1 aromatic heterocycles. The van der Waals surface area contributed by atoms with Crippen LogP contribution in [0.15, 0.2) is 34.9 Å². The summed E-state index contributed by atoms with van der Waals surface area (Å²) in [4.78, 5) is 11.9. The minimum Gasteiger partial charge on any atom is -0.343 e. The Morgan fingerprint density at radius 3 is 3.06 bits per heavy atom. The average molecular weight is 305 g/mol. The van der Waals surface area contributed by atoms with Crippen LogP contribution in [0.3, 0.4) is 0 Å². The fourth-order valence-electron chi connectivity index (χ4n) is 1.87. The Morgan fingerprint density at radius 1 is 1.56 bits per heavy atom. The van der Waals surface area contributed by atoms with Gasteiger partial charge in [0.25, 0.3) is 0 Å². The average Bonchev–Trinajstić information content (AvgIpc) is 2.77. The second kappa shape index (κ2) is 5.28. The van der Waals surface area contributed by atoms with Crippen molar-refractivity contribution in [2.45, 2.75) is 13.0 Å². The van der Waals surface area contributed by atoms with Gasteiger partial charge >= 0.3 is 0 Å². The second-order valence-corrected chi connectivity index (χ2v) is 4.94. The summed E-state index contributed by atoms with van der Waals surface area (Å²) in [6, 6.07) is 7.70. The van der Waals surface area contributed by atoms with Crippen molar-refractivity contribution in [1.82, 2.24) is 9.88 Å². The van der Waals surface area contributed by atoms with Gasteiger partial charge in [0.2, 0.25) is 5.91 Å². The minimum atomic E-state index is -0.287. The number of fused-ring (bicyclic) bond motifs is 1. The van der Waals surface area contributed by atoms with E-state index in [2.05, 4.69) is 27.2 Å². The molecule has 1 N–H and O–H groups in total. The SMILES string of the molecule is C#CCNC(=O)C(C)n1ccc2ccc(Br)cc21. The molecule has 0 saturated heterocycles. The maximum Gasteiger partial charge on any atom is 0.243 e. The molecule has 1 atom stereocenters. The summed E-state index contributed by atoms with van der Waals surface area (Å²) in [7, 11) is 0. The van der Waals surface area contributed by atoms with Gasteiger partial charge in [0.1, 0.15) is 6.04 Å². The molecule has 0 saturated carbocycles. The number of amides is 1. The molecule has 0 aliphatic rings. The topological polar surface area (TPSA) is 34.0 Å². The first kappa shape index (κ1) is 12.7. The lowest BCUT2D eigenvalue weighted by Gasteiger charge is -2.14. The van der Waals surface area contributed by atoms with Gasteiger partial charge in [-0.05, 0) is 30.5 Å². The highest BCUT2D eigenvalue weighted by Crippen LogP contribution is 2.23. The van der Waals surface area contributed by atoms with Gasteiger partial charge in [0.05, 0.1) is 6.54 Å². The molecule has 0 aliphatic heterocycles. The van der Waals surface area contributed by atoms with E-state index in [0.717, 1.165) is 15.4 Å². The summed E-state index contributed by atoms with van der Waals surface area (Å²) < 4.78 is 2.93. The monoisotopic (exact) mass is 304 g/mol. The Balaban J connectivity index is 2.33. The van der Waals surface area contributed by atoms with Gasteiger partial charge < -0.3 is 9.88 Å². The third-order valence-corrected chi connectivity index (χ3v) is 3.34. The summed E-state index contributed by atoms with van der Waals surface area (Å²) >= 11 is 3.44. The number of carbonyl (C=O) groups excluding carboxylic acids is 1. The lowest BCUT2D eigenvalue weighted by molar-refractivity contribution is -0.123. The summed E-state index contributed by atoms with van der Waals surface area (Å²) in [6.07, 6.45) is 7.04. The molecular formula is C14H13BrN2O. The highest BCUT2D eigenvalue weighted by molar-refractivity contribution is 9.10. The number of hydrogen-bond donors (Lipinski definition) is 1. The van der Waals surface area contributed by atoms with Crippen LogP contribution in [0.1, 0.15) is 13.0 Å². The molecule has 4 heteroatoms. The molecule has 92 valence electrons. The third-order valence-electron chi connectivity index (χ3n) is 2.85. The number of halogens is 1. The van der Waals surface area contributed by atoms with Crippen molar-refractivity contribution in [2.24, 2.45) is 0 Å². The van der Waals surface area contributed by atoms with Gasteiger partial charge in [0, 0.05) is 16.2 Å². The Hall–Kier alpha value is -1.73. The summed E-state index contributed by atoms with van der Waals surface area (Å²) in [5, 5.41) is 3.80. The minimum absolute atomic E-state index is 0.0783. The lowest BCUT2D eigenvalue weighted by Crippen LogP contribution is -2.30. The molecular weight excluding hydrogens is 292 g/mol. The second-order valence-electron chi connectivity index (χ2n) is 4.02. The fraction of sp³-hybridized carbons (Fsp3) is 0.214. The van der Waals surface area contributed by atoms with Gasteiger partial charge in [0.15, 0.2) is 0 Å². The zero-order valence-electron chi connectivity index (χ0n) is 9.98. The van der Waals surface area contributed by atoms with Crippen molar-refractivity contribution >= 4 is 32.7 Å². The third kappa shape index (κ3) is 2.41. The van der Waals surface area contributed by atoms with E-state index in [4.69, 9.17) is 6.42 Å². The van der Waals surface area contributed by atoms with Crippen molar-refractivity contribution in [3.8, 4) is 12.3 Å². The van der Waals surface area contributed by atoms with Crippen LogP contribution in [-0.4, -0.2) is 17.0 Å². The van der Waals surface area contributed by atoms with Gasteiger partial charge in [-0.25, -0.2) is 0 Å². The zero-order valence-corrected chi connectivity index (χ0v) is 11.6. The Morgan fingerprint density at radius 2 is 2.33 bits per heavy atom. The maximum atomic E-state index is 11.9. The van der Waals surface area contributed by atoms with Crippen molar-refractivity contribution in [3.63, 3.8) is 0 Å². The van der Waals surface area contributed by atoms with Crippen LogP contribution in [0.4, 0.5) is 0 Å². The quantitative estimate of drug-likeness (QED) is 0.869. The van der Waals surface area contributed by atoms with E-state index in [1.165, 1.54) is 0 Å². The predicted octanol–water partition coefficient (Wildman–Crippen LogP) is 2.71. The molecule has 2 aromatic rings. The fourth-order valence-corrected chi connectivity index (χ4v) is 2.22. The smallest absolute Gasteiger partial charge is 0.243 e. The summed E-state index contributed by atoms with van der Waals surface area (Å²) in [5.74, 6) is 2.32. The molecule has 1 unspecified atom stereocenters. The molecule has 0 spiro atoms. The first-order valence-corrected chi connectivity index (χ1v) is 6.40. The molecule has 1 amide bonds. The highest BCUT2D eigenvalue weighted by atomic mass is 79.9.